The summed E-state index contributed by atoms with van der Waals surface area (Å²) in [4.78, 5) is 32.2. The van der Waals surface area contributed by atoms with E-state index in [1.54, 1.807) is 16.4 Å². The number of fused-ring (bicyclic) bond motifs is 6. The molecule has 2 aliphatic heterocycles. The Labute approximate surface area is 200 Å². The molecule has 1 aromatic heterocycles. The fourth-order valence-corrected chi connectivity index (χ4v) is 7.73. The number of carbonyl (C=O) groups is 2. The molecule has 2 amide bonds. The number of carbonyl (C=O) groups excluding carboxylic acids is 2. The first-order valence-electron chi connectivity index (χ1n) is 12.9. The Bertz CT molecular complexity index is 1000. The molecule has 2 aromatic rings. The third kappa shape index (κ3) is 3.87. The van der Waals surface area contributed by atoms with Gasteiger partial charge in [0.15, 0.2) is 0 Å². The van der Waals surface area contributed by atoms with Gasteiger partial charge in [0.05, 0.1) is 16.5 Å². The molecule has 4 atom stereocenters. The highest BCUT2D eigenvalue weighted by molar-refractivity contribution is 7.13. The number of amides is 2. The molecule has 33 heavy (non-hydrogen) atoms. The predicted octanol–water partition coefficient (Wildman–Crippen LogP) is 4.01. The Morgan fingerprint density at radius 2 is 1.52 bits per heavy atom. The Morgan fingerprint density at radius 3 is 2.24 bits per heavy atom. The third-order valence-electron chi connectivity index (χ3n) is 8.66. The van der Waals surface area contributed by atoms with Crippen molar-refractivity contribution >= 4 is 39.3 Å². The van der Waals surface area contributed by atoms with Crippen molar-refractivity contribution < 1.29 is 9.59 Å². The number of piperazine rings is 1. The van der Waals surface area contributed by atoms with Crippen molar-refractivity contribution in [3.8, 4) is 0 Å². The second-order valence-corrected chi connectivity index (χ2v) is 11.3. The average molecular weight is 467 g/mol. The van der Waals surface area contributed by atoms with E-state index < -0.39 is 0 Å². The van der Waals surface area contributed by atoms with Gasteiger partial charge in [-0.25, -0.2) is 0 Å². The molecular weight excluding hydrogens is 432 g/mol. The highest BCUT2D eigenvalue weighted by atomic mass is 32.1. The minimum atomic E-state index is 0.0391. The Morgan fingerprint density at radius 1 is 0.848 bits per heavy atom. The molecule has 3 heterocycles. The van der Waals surface area contributed by atoms with Crippen LogP contribution in [0.4, 0.5) is 5.82 Å². The number of imide groups is 1. The van der Waals surface area contributed by atoms with Crippen LogP contribution < -0.4 is 4.90 Å². The van der Waals surface area contributed by atoms with E-state index in [0.29, 0.717) is 18.4 Å². The van der Waals surface area contributed by atoms with E-state index in [0.717, 1.165) is 70.6 Å². The van der Waals surface area contributed by atoms with Crippen molar-refractivity contribution in [3.05, 3.63) is 24.3 Å². The van der Waals surface area contributed by atoms with Gasteiger partial charge in [-0.1, -0.05) is 25.0 Å². The van der Waals surface area contributed by atoms with Gasteiger partial charge in [0, 0.05) is 38.1 Å². The number of unbranched alkanes of at least 4 members (excludes halogenated alkanes) is 3. The van der Waals surface area contributed by atoms with Crippen molar-refractivity contribution in [2.24, 2.45) is 23.7 Å². The summed E-state index contributed by atoms with van der Waals surface area (Å²) in [5.41, 5.74) is 0. The zero-order valence-corrected chi connectivity index (χ0v) is 20.1. The van der Waals surface area contributed by atoms with Crippen LogP contribution in [0, 0.1) is 23.7 Å². The normalized spacial score (nSPS) is 29.6. The lowest BCUT2D eigenvalue weighted by molar-refractivity contribution is -0.140. The van der Waals surface area contributed by atoms with E-state index in [1.807, 2.05) is 0 Å². The van der Waals surface area contributed by atoms with Crippen molar-refractivity contribution in [1.82, 2.24) is 14.2 Å². The molecular formula is C26H34N4O2S. The van der Waals surface area contributed by atoms with Crippen molar-refractivity contribution in [2.45, 2.75) is 44.9 Å². The number of hydrogen-bond acceptors (Lipinski definition) is 6. The van der Waals surface area contributed by atoms with Gasteiger partial charge in [-0.3, -0.25) is 19.4 Å². The van der Waals surface area contributed by atoms with E-state index in [9.17, 15) is 9.59 Å². The Hall–Kier alpha value is -1.99. The first-order chi connectivity index (χ1) is 16.2. The molecule has 4 fully saturated rings. The molecule has 0 unspecified atom stereocenters. The summed E-state index contributed by atoms with van der Waals surface area (Å²) in [6.07, 6.45) is 7.86. The quantitative estimate of drug-likeness (QED) is 0.435. The first kappa shape index (κ1) is 21.5. The van der Waals surface area contributed by atoms with Gasteiger partial charge in [0.1, 0.15) is 5.82 Å². The average Bonchev–Trinajstić information content (AvgIpc) is 3.61. The van der Waals surface area contributed by atoms with Crippen LogP contribution in [0.3, 0.4) is 0 Å². The first-order valence-corrected chi connectivity index (χ1v) is 13.6. The Kier molecular flexibility index (Phi) is 5.87. The highest BCUT2D eigenvalue weighted by Crippen LogP contribution is 2.56. The van der Waals surface area contributed by atoms with Crippen LogP contribution in [0.25, 0.3) is 10.1 Å². The number of likely N-dealkylation sites (tertiary alicyclic amines) is 1. The van der Waals surface area contributed by atoms with Gasteiger partial charge in [-0.15, -0.1) is 0 Å². The molecule has 4 aliphatic rings. The minimum absolute atomic E-state index is 0.0391. The molecule has 176 valence electrons. The summed E-state index contributed by atoms with van der Waals surface area (Å²) in [6, 6.07) is 8.51. The number of hydrogen-bond donors (Lipinski definition) is 0. The topological polar surface area (TPSA) is 56.8 Å². The standard InChI is InChI=1S/C26H34N4O2S/c31-25-22-18-9-10-19(17-18)23(22)26(32)30(25)12-6-2-1-5-11-28-13-15-29(16-14-28)24-20-7-3-4-8-21(20)33-27-24/h3-4,7-8,18-19,22-23H,1-2,5-6,9-17H2/t18-,19+,22+,23-. The van der Waals surface area contributed by atoms with E-state index in [2.05, 4.69) is 34.1 Å². The van der Waals surface area contributed by atoms with Crippen LogP contribution in [0.15, 0.2) is 24.3 Å². The SMILES string of the molecule is O=C1[C@@H]2[C@H]3CC[C@H](C3)[C@@H]2C(=O)N1CCCCCCN1CCN(c2nsc3ccccc23)CC1. The van der Waals surface area contributed by atoms with Crippen LogP contribution in [-0.4, -0.2) is 65.3 Å². The van der Waals surface area contributed by atoms with Crippen LogP contribution in [0.5, 0.6) is 0 Å². The minimum Gasteiger partial charge on any atom is -0.353 e. The van der Waals surface area contributed by atoms with Gasteiger partial charge in [-0.05, 0) is 74.1 Å². The molecule has 0 radical (unpaired) electrons. The molecule has 2 aliphatic carbocycles. The summed E-state index contributed by atoms with van der Waals surface area (Å²) in [6.45, 7) is 6.04. The predicted molar refractivity (Wildman–Crippen MR) is 131 cm³/mol. The van der Waals surface area contributed by atoms with Gasteiger partial charge < -0.3 is 4.90 Å². The molecule has 0 N–H and O–H groups in total. The summed E-state index contributed by atoms with van der Waals surface area (Å²) in [7, 11) is 0. The zero-order valence-electron chi connectivity index (χ0n) is 19.3. The summed E-state index contributed by atoms with van der Waals surface area (Å²) in [5, 5.41) is 1.28. The van der Waals surface area contributed by atoms with Crippen LogP contribution >= 0.6 is 11.5 Å². The van der Waals surface area contributed by atoms with Gasteiger partial charge >= 0.3 is 0 Å². The summed E-state index contributed by atoms with van der Waals surface area (Å²) < 4.78 is 5.98. The van der Waals surface area contributed by atoms with E-state index in [1.165, 1.54) is 22.9 Å². The monoisotopic (exact) mass is 466 g/mol. The van der Waals surface area contributed by atoms with E-state index in [-0.39, 0.29) is 23.7 Å². The van der Waals surface area contributed by atoms with Crippen molar-refractivity contribution in [1.29, 1.82) is 0 Å². The number of aromatic nitrogens is 1. The van der Waals surface area contributed by atoms with Crippen LogP contribution in [0.2, 0.25) is 0 Å². The molecule has 2 saturated carbocycles. The lowest BCUT2D eigenvalue weighted by Gasteiger charge is -2.35. The maximum absolute atomic E-state index is 12.8. The van der Waals surface area contributed by atoms with Crippen molar-refractivity contribution in [2.75, 3.05) is 44.2 Å². The maximum atomic E-state index is 12.8. The van der Waals surface area contributed by atoms with Gasteiger partial charge in [0.2, 0.25) is 11.8 Å². The largest absolute Gasteiger partial charge is 0.353 e. The summed E-state index contributed by atoms with van der Waals surface area (Å²) >= 11 is 1.60. The lowest BCUT2D eigenvalue weighted by atomic mass is 9.81. The number of rotatable bonds is 8. The number of benzene rings is 1. The van der Waals surface area contributed by atoms with Gasteiger partial charge in [-0.2, -0.15) is 4.37 Å². The Balaban J connectivity index is 0.894. The molecule has 0 spiro atoms. The van der Waals surface area contributed by atoms with Crippen LogP contribution in [0.1, 0.15) is 44.9 Å². The maximum Gasteiger partial charge on any atom is 0.233 e. The molecule has 1 aromatic carbocycles. The van der Waals surface area contributed by atoms with Crippen molar-refractivity contribution in [3.63, 3.8) is 0 Å². The fourth-order valence-electron chi connectivity index (χ4n) is 6.93. The fraction of sp³-hybridized carbons (Fsp3) is 0.654. The third-order valence-corrected chi connectivity index (χ3v) is 9.47. The second kappa shape index (κ2) is 8.99. The number of nitrogens with zero attached hydrogens (tertiary/aromatic N) is 4. The lowest BCUT2D eigenvalue weighted by Crippen LogP contribution is -2.46. The molecule has 6 rings (SSSR count). The molecule has 7 heteroatoms. The second-order valence-electron chi connectivity index (χ2n) is 10.5. The molecule has 6 nitrogen and oxygen atoms in total. The smallest absolute Gasteiger partial charge is 0.233 e. The molecule has 2 bridgehead atoms. The highest BCUT2D eigenvalue weighted by Gasteiger charge is 2.60. The molecule has 2 saturated heterocycles. The zero-order chi connectivity index (χ0) is 22.4. The summed E-state index contributed by atoms with van der Waals surface area (Å²) in [5.74, 6) is 2.53. The number of anilines is 1. The van der Waals surface area contributed by atoms with E-state index >= 15 is 0 Å². The van der Waals surface area contributed by atoms with E-state index in [4.69, 9.17) is 4.37 Å². The van der Waals surface area contributed by atoms with Gasteiger partial charge in [0.25, 0.3) is 0 Å². The van der Waals surface area contributed by atoms with Crippen LogP contribution in [-0.2, 0) is 9.59 Å².